The summed E-state index contributed by atoms with van der Waals surface area (Å²) in [5.74, 6) is -2.26. The van der Waals surface area contributed by atoms with Crippen molar-refractivity contribution in [1.29, 1.82) is 0 Å². The number of aryl methyl sites for hydroxylation is 1. The highest BCUT2D eigenvalue weighted by molar-refractivity contribution is 6.03. The number of ketones is 1. The van der Waals surface area contributed by atoms with E-state index >= 15 is 0 Å². The van der Waals surface area contributed by atoms with E-state index in [1.807, 2.05) is 0 Å². The second-order valence-corrected chi connectivity index (χ2v) is 2.39. The summed E-state index contributed by atoms with van der Waals surface area (Å²) in [6.45, 7) is 0. The van der Waals surface area contributed by atoms with Crippen LogP contribution in [-0.2, 0) is 7.05 Å². The van der Waals surface area contributed by atoms with Crippen LogP contribution in [0, 0.1) is 0 Å². The molecule has 0 saturated carbocycles. The highest BCUT2D eigenvalue weighted by Gasteiger charge is 2.41. The van der Waals surface area contributed by atoms with Gasteiger partial charge in [-0.05, 0) is 0 Å². The van der Waals surface area contributed by atoms with Crippen molar-refractivity contribution in [3.63, 3.8) is 0 Å². The summed E-state index contributed by atoms with van der Waals surface area (Å²) in [5, 5.41) is 3.42. The number of hydrogen-bond acceptors (Lipinski definition) is 3. The van der Waals surface area contributed by atoms with Crippen LogP contribution < -0.4 is 5.73 Å². The highest BCUT2D eigenvalue weighted by atomic mass is 19.4. The average molecular weight is 193 g/mol. The molecule has 0 aromatic carbocycles. The standard InChI is InChI=1S/C6H6F3N3O/c1-12-5(10)3(2-11-12)4(13)6(7,8)9/h2H,10H2,1H3. The Labute approximate surface area is 71.1 Å². The maximum atomic E-state index is 11.9. The Morgan fingerprint density at radius 1 is 1.62 bits per heavy atom. The lowest BCUT2D eigenvalue weighted by atomic mass is 10.2. The second kappa shape index (κ2) is 2.75. The number of halogens is 3. The zero-order valence-electron chi connectivity index (χ0n) is 6.59. The van der Waals surface area contributed by atoms with Gasteiger partial charge in [-0.3, -0.25) is 9.48 Å². The van der Waals surface area contributed by atoms with Crippen molar-refractivity contribution in [2.75, 3.05) is 5.73 Å². The van der Waals surface area contributed by atoms with E-state index in [-0.39, 0.29) is 5.82 Å². The van der Waals surface area contributed by atoms with Gasteiger partial charge in [0.25, 0.3) is 5.78 Å². The fraction of sp³-hybridized carbons (Fsp3) is 0.333. The van der Waals surface area contributed by atoms with Crippen molar-refractivity contribution in [3.05, 3.63) is 11.8 Å². The molecule has 1 rings (SSSR count). The molecular formula is C6H6F3N3O. The van der Waals surface area contributed by atoms with Crippen molar-refractivity contribution in [2.24, 2.45) is 7.05 Å². The number of nitrogen functional groups attached to an aromatic ring is 1. The maximum absolute atomic E-state index is 11.9. The Kier molecular flexibility index (Phi) is 2.02. The quantitative estimate of drug-likeness (QED) is 0.669. The predicted octanol–water partition coefficient (Wildman–Crippen LogP) is 0.747. The molecule has 0 aliphatic rings. The summed E-state index contributed by atoms with van der Waals surface area (Å²) >= 11 is 0. The fourth-order valence-electron chi connectivity index (χ4n) is 0.775. The number of hydrogen-bond donors (Lipinski definition) is 1. The van der Waals surface area contributed by atoms with Crippen molar-refractivity contribution < 1.29 is 18.0 Å². The Morgan fingerprint density at radius 3 is 2.46 bits per heavy atom. The summed E-state index contributed by atoms with van der Waals surface area (Å²) in [4.78, 5) is 10.6. The van der Waals surface area contributed by atoms with E-state index < -0.39 is 17.5 Å². The molecule has 0 saturated heterocycles. The molecule has 72 valence electrons. The summed E-state index contributed by atoms with van der Waals surface area (Å²) in [6.07, 6.45) is -4.11. The Bertz CT molecular complexity index is 341. The topological polar surface area (TPSA) is 60.9 Å². The van der Waals surface area contributed by atoms with Crippen molar-refractivity contribution in [1.82, 2.24) is 9.78 Å². The molecule has 0 unspecified atom stereocenters. The molecule has 1 aromatic heterocycles. The van der Waals surface area contributed by atoms with Gasteiger partial charge in [-0.1, -0.05) is 0 Å². The molecule has 1 heterocycles. The molecule has 0 fully saturated rings. The summed E-state index contributed by atoms with van der Waals surface area (Å²) in [5.41, 5.74) is 4.56. The van der Waals surface area contributed by atoms with Crippen LogP contribution in [0.15, 0.2) is 6.20 Å². The summed E-state index contributed by atoms with van der Waals surface area (Å²) in [6, 6.07) is 0. The van der Waals surface area contributed by atoms with Crippen LogP contribution >= 0.6 is 0 Å². The minimum atomic E-state index is -4.91. The third-order valence-electron chi connectivity index (χ3n) is 1.49. The Morgan fingerprint density at radius 2 is 2.15 bits per heavy atom. The lowest BCUT2D eigenvalue weighted by Crippen LogP contribution is -2.23. The van der Waals surface area contributed by atoms with E-state index in [1.54, 1.807) is 0 Å². The van der Waals surface area contributed by atoms with E-state index in [4.69, 9.17) is 5.73 Å². The Hall–Kier alpha value is -1.53. The molecule has 0 aliphatic carbocycles. The van der Waals surface area contributed by atoms with E-state index in [1.165, 1.54) is 7.05 Å². The number of nitrogens with zero attached hydrogens (tertiary/aromatic N) is 2. The third kappa shape index (κ3) is 1.63. The van der Waals surface area contributed by atoms with Gasteiger partial charge in [0.1, 0.15) is 5.82 Å². The van der Waals surface area contributed by atoms with Crippen molar-refractivity contribution in [2.45, 2.75) is 6.18 Å². The lowest BCUT2D eigenvalue weighted by Gasteiger charge is -2.03. The minimum absolute atomic E-state index is 0.290. The second-order valence-electron chi connectivity index (χ2n) is 2.39. The molecule has 0 amide bonds. The monoisotopic (exact) mass is 193 g/mol. The zero-order valence-corrected chi connectivity index (χ0v) is 6.59. The number of alkyl halides is 3. The zero-order chi connectivity index (χ0) is 10.2. The van der Waals surface area contributed by atoms with Crippen LogP contribution in [0.5, 0.6) is 0 Å². The van der Waals surface area contributed by atoms with Crippen molar-refractivity contribution >= 4 is 11.6 Å². The highest BCUT2D eigenvalue weighted by Crippen LogP contribution is 2.23. The van der Waals surface area contributed by atoms with Gasteiger partial charge in [0.15, 0.2) is 0 Å². The molecule has 0 radical (unpaired) electrons. The van der Waals surface area contributed by atoms with E-state index in [0.717, 1.165) is 10.9 Å². The third-order valence-corrected chi connectivity index (χ3v) is 1.49. The van der Waals surface area contributed by atoms with Gasteiger partial charge in [0.05, 0.1) is 11.8 Å². The molecule has 0 spiro atoms. The molecule has 0 atom stereocenters. The van der Waals surface area contributed by atoms with Gasteiger partial charge in [-0.15, -0.1) is 0 Å². The van der Waals surface area contributed by atoms with Crippen LogP contribution in [0.3, 0.4) is 0 Å². The molecule has 0 aliphatic heterocycles. The first-order valence-corrected chi connectivity index (χ1v) is 3.23. The first-order valence-electron chi connectivity index (χ1n) is 3.23. The molecule has 0 bridgehead atoms. The first-order chi connectivity index (χ1) is 5.84. The number of carbonyl (C=O) groups is 1. The van der Waals surface area contributed by atoms with E-state index in [9.17, 15) is 18.0 Å². The number of rotatable bonds is 1. The Balaban J connectivity index is 3.10. The van der Waals surface area contributed by atoms with Gasteiger partial charge < -0.3 is 5.73 Å². The molecule has 4 nitrogen and oxygen atoms in total. The van der Waals surface area contributed by atoms with Gasteiger partial charge in [0.2, 0.25) is 0 Å². The number of anilines is 1. The van der Waals surface area contributed by atoms with Crippen LogP contribution in [0.4, 0.5) is 19.0 Å². The van der Waals surface area contributed by atoms with Gasteiger partial charge >= 0.3 is 6.18 Å². The minimum Gasteiger partial charge on any atom is -0.383 e. The average Bonchev–Trinajstić information content (AvgIpc) is 2.30. The molecule has 2 N–H and O–H groups in total. The normalized spacial score (nSPS) is 11.7. The first kappa shape index (κ1) is 9.56. The molecular weight excluding hydrogens is 187 g/mol. The maximum Gasteiger partial charge on any atom is 0.455 e. The predicted molar refractivity (Wildman–Crippen MR) is 38.0 cm³/mol. The smallest absolute Gasteiger partial charge is 0.383 e. The van der Waals surface area contributed by atoms with Crippen LogP contribution in [-0.4, -0.2) is 21.7 Å². The van der Waals surface area contributed by atoms with Gasteiger partial charge in [-0.25, -0.2) is 0 Å². The largest absolute Gasteiger partial charge is 0.455 e. The van der Waals surface area contributed by atoms with Gasteiger partial charge in [0, 0.05) is 7.05 Å². The number of Topliss-reactive ketones (excluding diaryl/α,β-unsaturated/α-hetero) is 1. The molecule has 1 aromatic rings. The number of aromatic nitrogens is 2. The van der Waals surface area contributed by atoms with E-state index in [2.05, 4.69) is 5.10 Å². The summed E-state index contributed by atoms with van der Waals surface area (Å²) < 4.78 is 36.6. The van der Waals surface area contributed by atoms with Gasteiger partial charge in [-0.2, -0.15) is 18.3 Å². The van der Waals surface area contributed by atoms with E-state index in [0.29, 0.717) is 0 Å². The van der Waals surface area contributed by atoms with Crippen molar-refractivity contribution in [3.8, 4) is 0 Å². The number of nitrogens with two attached hydrogens (primary N) is 1. The lowest BCUT2D eigenvalue weighted by molar-refractivity contribution is -0.0884. The van der Waals surface area contributed by atoms with Crippen LogP contribution in [0.1, 0.15) is 10.4 Å². The molecule has 7 heteroatoms. The SMILES string of the molecule is Cn1ncc(C(=O)C(F)(F)F)c1N. The van der Waals surface area contributed by atoms with Crippen LogP contribution in [0.25, 0.3) is 0 Å². The molecule has 13 heavy (non-hydrogen) atoms. The number of carbonyl (C=O) groups excluding carboxylic acids is 1. The summed E-state index contributed by atoms with van der Waals surface area (Å²) in [7, 11) is 1.35. The van der Waals surface area contributed by atoms with Crippen LogP contribution in [0.2, 0.25) is 0 Å². The fourth-order valence-corrected chi connectivity index (χ4v) is 0.775.